The SMILES string of the molecule is COc1cc(CC2CCN(C(=O)CCl)CC2)ccc1Cl. The van der Waals surface area contributed by atoms with E-state index in [1.807, 2.05) is 23.1 Å². The molecule has 0 aromatic heterocycles. The summed E-state index contributed by atoms with van der Waals surface area (Å²) in [4.78, 5) is 13.4. The van der Waals surface area contributed by atoms with Crippen molar-refractivity contribution in [3.05, 3.63) is 28.8 Å². The summed E-state index contributed by atoms with van der Waals surface area (Å²) in [5, 5.41) is 0.638. The van der Waals surface area contributed by atoms with Crippen LogP contribution in [-0.2, 0) is 11.2 Å². The third-order valence-electron chi connectivity index (χ3n) is 3.82. The second-order valence-corrected chi connectivity index (χ2v) is 5.81. The van der Waals surface area contributed by atoms with Gasteiger partial charge < -0.3 is 9.64 Å². The van der Waals surface area contributed by atoms with Crippen molar-refractivity contribution in [1.29, 1.82) is 0 Å². The van der Waals surface area contributed by atoms with E-state index in [0.29, 0.717) is 10.9 Å². The highest BCUT2D eigenvalue weighted by Gasteiger charge is 2.22. The van der Waals surface area contributed by atoms with Crippen LogP contribution in [0.15, 0.2) is 18.2 Å². The molecule has 2 rings (SSSR count). The molecule has 20 heavy (non-hydrogen) atoms. The van der Waals surface area contributed by atoms with E-state index < -0.39 is 0 Å². The van der Waals surface area contributed by atoms with Gasteiger partial charge in [0.25, 0.3) is 0 Å². The summed E-state index contributed by atoms with van der Waals surface area (Å²) in [5.74, 6) is 1.44. The Morgan fingerprint density at radius 2 is 2.10 bits per heavy atom. The molecule has 0 spiro atoms. The molecule has 1 heterocycles. The van der Waals surface area contributed by atoms with Gasteiger partial charge in [-0.15, -0.1) is 11.6 Å². The zero-order chi connectivity index (χ0) is 14.5. The van der Waals surface area contributed by atoms with Gasteiger partial charge in [0.05, 0.1) is 12.1 Å². The van der Waals surface area contributed by atoms with E-state index in [9.17, 15) is 4.79 Å². The van der Waals surface area contributed by atoms with Gasteiger partial charge >= 0.3 is 0 Å². The Bertz CT molecular complexity index is 471. The quantitative estimate of drug-likeness (QED) is 0.797. The summed E-state index contributed by atoms with van der Waals surface area (Å²) in [5.41, 5.74) is 1.23. The van der Waals surface area contributed by atoms with E-state index >= 15 is 0 Å². The molecule has 1 aromatic carbocycles. The Kier molecular flexibility index (Phi) is 5.55. The number of halogens is 2. The molecule has 1 aliphatic heterocycles. The minimum atomic E-state index is 0.0401. The molecule has 110 valence electrons. The third kappa shape index (κ3) is 3.80. The van der Waals surface area contributed by atoms with E-state index in [1.54, 1.807) is 7.11 Å². The van der Waals surface area contributed by atoms with Gasteiger partial charge in [-0.25, -0.2) is 0 Å². The van der Waals surface area contributed by atoms with Crippen molar-refractivity contribution in [1.82, 2.24) is 4.90 Å². The van der Waals surface area contributed by atoms with Crippen LogP contribution in [0.25, 0.3) is 0 Å². The number of ether oxygens (including phenoxy) is 1. The monoisotopic (exact) mass is 315 g/mol. The molecular formula is C15H19Cl2NO2. The molecule has 0 radical (unpaired) electrons. The second kappa shape index (κ2) is 7.19. The number of methoxy groups -OCH3 is 1. The van der Waals surface area contributed by atoms with Crippen LogP contribution in [0.2, 0.25) is 5.02 Å². The van der Waals surface area contributed by atoms with Crippen LogP contribution in [-0.4, -0.2) is 36.9 Å². The van der Waals surface area contributed by atoms with Crippen LogP contribution < -0.4 is 4.74 Å². The van der Waals surface area contributed by atoms with Gasteiger partial charge in [-0.3, -0.25) is 4.79 Å². The molecule has 1 aromatic rings. The van der Waals surface area contributed by atoms with E-state index in [1.165, 1.54) is 5.56 Å². The summed E-state index contributed by atoms with van der Waals surface area (Å²) >= 11 is 11.6. The zero-order valence-corrected chi connectivity index (χ0v) is 13.1. The molecule has 1 aliphatic rings. The summed E-state index contributed by atoms with van der Waals surface area (Å²) in [7, 11) is 1.63. The standard InChI is InChI=1S/C15H19Cl2NO2/c1-20-14-9-12(2-3-13(14)17)8-11-4-6-18(7-5-11)15(19)10-16/h2-3,9,11H,4-8,10H2,1H3. The van der Waals surface area contributed by atoms with Crippen molar-refractivity contribution >= 4 is 29.1 Å². The second-order valence-electron chi connectivity index (χ2n) is 5.13. The highest BCUT2D eigenvalue weighted by Crippen LogP contribution is 2.28. The molecular weight excluding hydrogens is 297 g/mol. The molecule has 1 fully saturated rings. The number of hydrogen-bond donors (Lipinski definition) is 0. The van der Waals surface area contributed by atoms with Crippen LogP contribution in [0.1, 0.15) is 18.4 Å². The lowest BCUT2D eigenvalue weighted by atomic mass is 9.90. The average Bonchev–Trinajstić information content (AvgIpc) is 2.49. The molecule has 5 heteroatoms. The zero-order valence-electron chi connectivity index (χ0n) is 11.6. The fraction of sp³-hybridized carbons (Fsp3) is 0.533. The molecule has 1 amide bonds. The predicted octanol–water partition coefficient (Wildman–Crippen LogP) is 3.37. The molecule has 0 N–H and O–H groups in total. The maximum absolute atomic E-state index is 11.5. The Morgan fingerprint density at radius 1 is 1.40 bits per heavy atom. The van der Waals surface area contributed by atoms with Gasteiger partial charge in [0, 0.05) is 13.1 Å². The largest absolute Gasteiger partial charge is 0.495 e. The van der Waals surface area contributed by atoms with Crippen molar-refractivity contribution in [2.75, 3.05) is 26.1 Å². The van der Waals surface area contributed by atoms with Crippen molar-refractivity contribution in [2.24, 2.45) is 5.92 Å². The van der Waals surface area contributed by atoms with E-state index in [2.05, 4.69) is 0 Å². The summed E-state index contributed by atoms with van der Waals surface area (Å²) in [6.45, 7) is 1.61. The number of carbonyl (C=O) groups is 1. The van der Waals surface area contributed by atoms with Crippen LogP contribution in [0.3, 0.4) is 0 Å². The first kappa shape index (κ1) is 15.5. The number of carbonyl (C=O) groups excluding carboxylic acids is 1. The fourth-order valence-corrected chi connectivity index (χ4v) is 3.00. The number of hydrogen-bond acceptors (Lipinski definition) is 2. The topological polar surface area (TPSA) is 29.5 Å². The number of nitrogens with zero attached hydrogens (tertiary/aromatic N) is 1. The van der Waals surface area contributed by atoms with Crippen LogP contribution in [0.5, 0.6) is 5.75 Å². The van der Waals surface area contributed by atoms with E-state index in [4.69, 9.17) is 27.9 Å². The molecule has 0 atom stereocenters. The number of alkyl halides is 1. The highest BCUT2D eigenvalue weighted by molar-refractivity contribution is 6.32. The maximum atomic E-state index is 11.5. The first-order valence-electron chi connectivity index (χ1n) is 6.80. The smallest absolute Gasteiger partial charge is 0.237 e. The molecule has 1 saturated heterocycles. The predicted molar refractivity (Wildman–Crippen MR) is 81.7 cm³/mol. The summed E-state index contributed by atoms with van der Waals surface area (Å²) in [6.07, 6.45) is 3.04. The lowest BCUT2D eigenvalue weighted by Crippen LogP contribution is -2.39. The first-order valence-corrected chi connectivity index (χ1v) is 7.71. The third-order valence-corrected chi connectivity index (χ3v) is 4.36. The van der Waals surface area contributed by atoms with Gasteiger partial charge in [-0.2, -0.15) is 0 Å². The van der Waals surface area contributed by atoms with Crippen LogP contribution >= 0.6 is 23.2 Å². The molecule has 3 nitrogen and oxygen atoms in total. The minimum Gasteiger partial charge on any atom is -0.495 e. The Morgan fingerprint density at radius 3 is 2.70 bits per heavy atom. The lowest BCUT2D eigenvalue weighted by molar-refractivity contribution is -0.129. The maximum Gasteiger partial charge on any atom is 0.237 e. The first-order chi connectivity index (χ1) is 9.63. The van der Waals surface area contributed by atoms with Crippen molar-refractivity contribution < 1.29 is 9.53 Å². The van der Waals surface area contributed by atoms with Crippen molar-refractivity contribution in [3.8, 4) is 5.75 Å². The average molecular weight is 316 g/mol. The Hall–Kier alpha value is -0.930. The van der Waals surface area contributed by atoms with E-state index in [0.717, 1.165) is 38.1 Å². The van der Waals surface area contributed by atoms with Crippen molar-refractivity contribution in [2.45, 2.75) is 19.3 Å². The molecule has 0 saturated carbocycles. The fourth-order valence-electron chi connectivity index (χ4n) is 2.64. The van der Waals surface area contributed by atoms with Gasteiger partial charge in [-0.1, -0.05) is 17.7 Å². The summed E-state index contributed by atoms with van der Waals surface area (Å²) in [6, 6.07) is 5.92. The number of benzene rings is 1. The van der Waals surface area contributed by atoms with Crippen LogP contribution in [0, 0.1) is 5.92 Å². The van der Waals surface area contributed by atoms with E-state index in [-0.39, 0.29) is 11.8 Å². The number of likely N-dealkylation sites (tertiary alicyclic amines) is 1. The Labute approximate surface area is 129 Å². The number of piperidine rings is 1. The van der Waals surface area contributed by atoms with Gasteiger partial charge in [-0.05, 0) is 42.9 Å². The van der Waals surface area contributed by atoms with Crippen LogP contribution in [0.4, 0.5) is 0 Å². The van der Waals surface area contributed by atoms with Crippen molar-refractivity contribution in [3.63, 3.8) is 0 Å². The molecule has 0 bridgehead atoms. The Balaban J connectivity index is 1.91. The highest BCUT2D eigenvalue weighted by atomic mass is 35.5. The summed E-state index contributed by atoms with van der Waals surface area (Å²) < 4.78 is 5.24. The van der Waals surface area contributed by atoms with Gasteiger partial charge in [0.2, 0.25) is 5.91 Å². The number of amides is 1. The normalized spacial score (nSPS) is 16.2. The van der Waals surface area contributed by atoms with Gasteiger partial charge in [0.1, 0.15) is 11.6 Å². The minimum absolute atomic E-state index is 0.0401. The van der Waals surface area contributed by atoms with Gasteiger partial charge in [0.15, 0.2) is 0 Å². The number of rotatable bonds is 4. The molecule has 0 aliphatic carbocycles. The lowest BCUT2D eigenvalue weighted by Gasteiger charge is -2.31. The molecule has 0 unspecified atom stereocenters.